The molecule has 0 spiro atoms. The number of hydrogen-bond donors (Lipinski definition) is 2. The summed E-state index contributed by atoms with van der Waals surface area (Å²) in [6.45, 7) is 3.67. The summed E-state index contributed by atoms with van der Waals surface area (Å²) in [5, 5.41) is 9.50. The first kappa shape index (κ1) is 10.2. The highest BCUT2D eigenvalue weighted by molar-refractivity contribution is 5.45. The Labute approximate surface area is 89.7 Å². The second-order valence-corrected chi connectivity index (χ2v) is 4.16. The number of rotatable bonds is 2. The third-order valence-corrected chi connectivity index (χ3v) is 2.99. The maximum Gasteiger partial charge on any atom is 0.130 e. The molecule has 2 unspecified atom stereocenters. The molecule has 1 aliphatic heterocycles. The van der Waals surface area contributed by atoms with Gasteiger partial charge in [0.1, 0.15) is 11.6 Å². The normalized spacial score (nSPS) is 23.1. The van der Waals surface area contributed by atoms with E-state index in [0.717, 1.165) is 25.3 Å². The van der Waals surface area contributed by atoms with E-state index in [0.29, 0.717) is 11.7 Å². The van der Waals surface area contributed by atoms with Crippen LogP contribution < -0.4 is 10.6 Å². The molecule has 2 heterocycles. The van der Waals surface area contributed by atoms with Gasteiger partial charge in [0.2, 0.25) is 0 Å². The van der Waals surface area contributed by atoms with Gasteiger partial charge < -0.3 is 15.7 Å². The zero-order chi connectivity index (χ0) is 10.8. The SMILES string of the molecule is CC(O)C1CCN(c2cccc(N)n2)C1. The van der Waals surface area contributed by atoms with Crippen LogP contribution in [-0.2, 0) is 0 Å². The molecule has 2 atom stereocenters. The fourth-order valence-corrected chi connectivity index (χ4v) is 2.00. The molecule has 15 heavy (non-hydrogen) atoms. The molecule has 1 saturated heterocycles. The van der Waals surface area contributed by atoms with Crippen molar-refractivity contribution >= 4 is 11.6 Å². The Morgan fingerprint density at radius 1 is 1.60 bits per heavy atom. The first-order valence-corrected chi connectivity index (χ1v) is 5.32. The van der Waals surface area contributed by atoms with Crippen LogP contribution in [0, 0.1) is 5.92 Å². The molecule has 3 N–H and O–H groups in total. The first-order valence-electron chi connectivity index (χ1n) is 5.32. The molecule has 1 aromatic rings. The molecular formula is C11H17N3O. The molecule has 82 valence electrons. The maximum atomic E-state index is 9.50. The molecule has 0 bridgehead atoms. The zero-order valence-corrected chi connectivity index (χ0v) is 8.93. The third kappa shape index (κ3) is 2.21. The first-order chi connectivity index (χ1) is 7.16. The molecule has 4 heteroatoms. The Morgan fingerprint density at radius 3 is 3.00 bits per heavy atom. The smallest absolute Gasteiger partial charge is 0.130 e. The van der Waals surface area contributed by atoms with Crippen LogP contribution in [-0.4, -0.2) is 29.3 Å². The highest BCUT2D eigenvalue weighted by Gasteiger charge is 2.26. The van der Waals surface area contributed by atoms with E-state index >= 15 is 0 Å². The van der Waals surface area contributed by atoms with Crippen LogP contribution >= 0.6 is 0 Å². The molecule has 1 aliphatic rings. The lowest BCUT2D eigenvalue weighted by Gasteiger charge is -2.18. The van der Waals surface area contributed by atoms with E-state index in [2.05, 4.69) is 9.88 Å². The van der Waals surface area contributed by atoms with Gasteiger partial charge in [-0.1, -0.05) is 6.07 Å². The van der Waals surface area contributed by atoms with Gasteiger partial charge in [0, 0.05) is 19.0 Å². The van der Waals surface area contributed by atoms with Crippen molar-refractivity contribution in [3.05, 3.63) is 18.2 Å². The number of pyridine rings is 1. The van der Waals surface area contributed by atoms with Crippen LogP contribution in [0.4, 0.5) is 11.6 Å². The summed E-state index contributed by atoms with van der Waals surface area (Å²) >= 11 is 0. The second-order valence-electron chi connectivity index (χ2n) is 4.16. The lowest BCUT2D eigenvalue weighted by Crippen LogP contribution is -2.24. The Kier molecular flexibility index (Phi) is 2.77. The Bertz CT molecular complexity index is 340. The average Bonchev–Trinajstić information content (AvgIpc) is 2.66. The average molecular weight is 207 g/mol. The number of aliphatic hydroxyl groups is 1. The quantitative estimate of drug-likeness (QED) is 0.755. The molecule has 1 aromatic heterocycles. The lowest BCUT2D eigenvalue weighted by molar-refractivity contribution is 0.136. The number of anilines is 2. The van der Waals surface area contributed by atoms with Crippen LogP contribution in [0.5, 0.6) is 0 Å². The van der Waals surface area contributed by atoms with E-state index < -0.39 is 0 Å². The Morgan fingerprint density at radius 2 is 2.40 bits per heavy atom. The van der Waals surface area contributed by atoms with E-state index in [9.17, 15) is 5.11 Å². The number of hydrogen-bond acceptors (Lipinski definition) is 4. The van der Waals surface area contributed by atoms with Crippen molar-refractivity contribution in [3.8, 4) is 0 Å². The maximum absolute atomic E-state index is 9.50. The van der Waals surface area contributed by atoms with Gasteiger partial charge in [0.25, 0.3) is 0 Å². The van der Waals surface area contributed by atoms with Crippen molar-refractivity contribution in [2.75, 3.05) is 23.7 Å². The van der Waals surface area contributed by atoms with Crippen molar-refractivity contribution in [2.45, 2.75) is 19.4 Å². The summed E-state index contributed by atoms with van der Waals surface area (Å²) in [7, 11) is 0. The summed E-state index contributed by atoms with van der Waals surface area (Å²) in [4.78, 5) is 6.45. The predicted molar refractivity (Wildman–Crippen MR) is 60.7 cm³/mol. The van der Waals surface area contributed by atoms with E-state index in [1.54, 1.807) is 6.07 Å². The van der Waals surface area contributed by atoms with Crippen LogP contribution in [0.15, 0.2) is 18.2 Å². The summed E-state index contributed by atoms with van der Waals surface area (Å²) < 4.78 is 0. The fraction of sp³-hybridized carbons (Fsp3) is 0.545. The van der Waals surface area contributed by atoms with E-state index in [1.807, 2.05) is 19.1 Å². The minimum Gasteiger partial charge on any atom is -0.393 e. The number of nitrogens with two attached hydrogens (primary N) is 1. The fourth-order valence-electron chi connectivity index (χ4n) is 2.00. The molecule has 4 nitrogen and oxygen atoms in total. The second kappa shape index (κ2) is 4.06. The van der Waals surface area contributed by atoms with Gasteiger partial charge in [0.05, 0.1) is 6.10 Å². The van der Waals surface area contributed by atoms with Gasteiger partial charge in [-0.2, -0.15) is 0 Å². The molecule has 0 aromatic carbocycles. The molecule has 1 fully saturated rings. The van der Waals surface area contributed by atoms with E-state index in [1.165, 1.54) is 0 Å². The van der Waals surface area contributed by atoms with Gasteiger partial charge in [-0.25, -0.2) is 4.98 Å². The summed E-state index contributed by atoms with van der Waals surface area (Å²) in [5.41, 5.74) is 5.63. The Balaban J connectivity index is 2.08. The van der Waals surface area contributed by atoms with Crippen molar-refractivity contribution in [1.29, 1.82) is 0 Å². The Hall–Kier alpha value is -1.29. The molecule has 0 aliphatic carbocycles. The monoisotopic (exact) mass is 207 g/mol. The van der Waals surface area contributed by atoms with Gasteiger partial charge in [-0.15, -0.1) is 0 Å². The van der Waals surface area contributed by atoms with Gasteiger partial charge in [-0.05, 0) is 25.5 Å². The number of aromatic nitrogens is 1. The molecule has 2 rings (SSSR count). The minimum absolute atomic E-state index is 0.240. The van der Waals surface area contributed by atoms with Crippen molar-refractivity contribution in [2.24, 2.45) is 5.92 Å². The standard InChI is InChI=1S/C11H17N3O/c1-8(15)9-5-6-14(7-9)11-4-2-3-10(12)13-11/h2-4,8-9,15H,5-7H2,1H3,(H2,12,13). The van der Waals surface area contributed by atoms with Gasteiger partial charge in [0.15, 0.2) is 0 Å². The van der Waals surface area contributed by atoms with Crippen LogP contribution in [0.25, 0.3) is 0 Å². The predicted octanol–water partition coefficient (Wildman–Crippen LogP) is 0.871. The third-order valence-electron chi connectivity index (χ3n) is 2.99. The minimum atomic E-state index is -0.240. The number of aliphatic hydroxyl groups excluding tert-OH is 1. The number of nitrogen functional groups attached to an aromatic ring is 1. The highest BCUT2D eigenvalue weighted by atomic mass is 16.3. The number of nitrogens with zero attached hydrogens (tertiary/aromatic N) is 2. The van der Waals surface area contributed by atoms with Crippen LogP contribution in [0.3, 0.4) is 0 Å². The largest absolute Gasteiger partial charge is 0.393 e. The van der Waals surface area contributed by atoms with E-state index in [4.69, 9.17) is 5.73 Å². The van der Waals surface area contributed by atoms with E-state index in [-0.39, 0.29) is 6.10 Å². The summed E-state index contributed by atoms with van der Waals surface area (Å²) in [6.07, 6.45) is 0.782. The lowest BCUT2D eigenvalue weighted by atomic mass is 10.0. The molecular weight excluding hydrogens is 190 g/mol. The summed E-state index contributed by atoms with van der Waals surface area (Å²) in [5.74, 6) is 1.82. The van der Waals surface area contributed by atoms with Gasteiger partial charge in [-0.3, -0.25) is 0 Å². The van der Waals surface area contributed by atoms with Crippen LogP contribution in [0.2, 0.25) is 0 Å². The van der Waals surface area contributed by atoms with Crippen molar-refractivity contribution in [1.82, 2.24) is 4.98 Å². The van der Waals surface area contributed by atoms with Crippen molar-refractivity contribution in [3.63, 3.8) is 0 Å². The molecule has 0 radical (unpaired) electrons. The van der Waals surface area contributed by atoms with Gasteiger partial charge >= 0.3 is 0 Å². The summed E-state index contributed by atoms with van der Waals surface area (Å²) in [6, 6.07) is 5.65. The molecule has 0 saturated carbocycles. The van der Waals surface area contributed by atoms with Crippen molar-refractivity contribution < 1.29 is 5.11 Å². The van der Waals surface area contributed by atoms with Crippen LogP contribution in [0.1, 0.15) is 13.3 Å². The zero-order valence-electron chi connectivity index (χ0n) is 8.93. The highest BCUT2D eigenvalue weighted by Crippen LogP contribution is 2.24. The molecule has 0 amide bonds. The topological polar surface area (TPSA) is 62.4 Å².